The van der Waals surface area contributed by atoms with Crippen LogP contribution in [0.3, 0.4) is 0 Å². The molecule has 2 nitrogen and oxygen atoms in total. The molecular formula is C17H18N2S. The molecule has 3 rings (SSSR count). The van der Waals surface area contributed by atoms with E-state index in [-0.39, 0.29) is 12.1 Å². The molecule has 2 aromatic carbocycles. The van der Waals surface area contributed by atoms with Crippen molar-refractivity contribution < 1.29 is 0 Å². The lowest BCUT2D eigenvalue weighted by atomic mass is 9.90. The smallest absolute Gasteiger partial charge is 0.167 e. The Bertz CT molecular complexity index is 595. The Morgan fingerprint density at radius 2 is 1.15 bits per heavy atom. The van der Waals surface area contributed by atoms with Gasteiger partial charge in [-0.25, -0.2) is 0 Å². The largest absolute Gasteiger partial charge is 0.353 e. The lowest BCUT2D eigenvalue weighted by Crippen LogP contribution is -2.21. The fraction of sp³-hybridized carbons (Fsp3) is 0.235. The van der Waals surface area contributed by atoms with Crippen molar-refractivity contribution in [2.45, 2.75) is 25.9 Å². The summed E-state index contributed by atoms with van der Waals surface area (Å²) in [6, 6.07) is 17.3. The number of rotatable bonds is 2. The molecule has 0 radical (unpaired) electrons. The maximum atomic E-state index is 5.34. The molecule has 1 fully saturated rings. The topological polar surface area (TPSA) is 24.1 Å². The molecular weight excluding hydrogens is 264 g/mol. The summed E-state index contributed by atoms with van der Waals surface area (Å²) in [5, 5.41) is 7.54. The van der Waals surface area contributed by atoms with Gasteiger partial charge in [0.2, 0.25) is 0 Å². The minimum Gasteiger partial charge on any atom is -0.353 e. The zero-order valence-electron chi connectivity index (χ0n) is 11.7. The Hall–Kier alpha value is -1.87. The van der Waals surface area contributed by atoms with Crippen LogP contribution < -0.4 is 10.6 Å². The molecule has 0 amide bonds. The van der Waals surface area contributed by atoms with Crippen molar-refractivity contribution in [3.8, 4) is 0 Å². The van der Waals surface area contributed by atoms with Crippen molar-refractivity contribution in [2.75, 3.05) is 0 Å². The average molecular weight is 282 g/mol. The van der Waals surface area contributed by atoms with Gasteiger partial charge >= 0.3 is 0 Å². The first kappa shape index (κ1) is 13.1. The Morgan fingerprint density at radius 1 is 0.750 bits per heavy atom. The van der Waals surface area contributed by atoms with Gasteiger partial charge in [0.15, 0.2) is 5.11 Å². The normalized spacial score (nSPS) is 21.4. The molecule has 102 valence electrons. The van der Waals surface area contributed by atoms with Crippen LogP contribution in [0.15, 0.2) is 48.5 Å². The zero-order valence-corrected chi connectivity index (χ0v) is 12.5. The van der Waals surface area contributed by atoms with E-state index in [0.29, 0.717) is 0 Å². The van der Waals surface area contributed by atoms with Gasteiger partial charge in [-0.05, 0) is 48.3 Å². The summed E-state index contributed by atoms with van der Waals surface area (Å²) in [6.07, 6.45) is 0. The van der Waals surface area contributed by atoms with Gasteiger partial charge in [0.25, 0.3) is 0 Å². The van der Waals surface area contributed by atoms with Gasteiger partial charge in [0.1, 0.15) is 0 Å². The third-order valence-electron chi connectivity index (χ3n) is 3.95. The van der Waals surface area contributed by atoms with Crippen molar-refractivity contribution >= 4 is 17.3 Å². The van der Waals surface area contributed by atoms with Crippen LogP contribution in [-0.2, 0) is 0 Å². The summed E-state index contributed by atoms with van der Waals surface area (Å²) in [5.74, 6) is 0. The highest BCUT2D eigenvalue weighted by atomic mass is 32.1. The van der Waals surface area contributed by atoms with Crippen molar-refractivity contribution in [2.24, 2.45) is 0 Å². The standard InChI is InChI=1S/C17H18N2S/c1-11-7-3-5-9-13(11)15-16(19-17(20)18-15)14-10-6-4-8-12(14)2/h3-10,15-16H,1-2H3,(H2,18,19,20). The molecule has 0 saturated carbocycles. The summed E-state index contributed by atoms with van der Waals surface area (Å²) in [4.78, 5) is 0. The highest BCUT2D eigenvalue weighted by molar-refractivity contribution is 7.80. The van der Waals surface area contributed by atoms with Crippen LogP contribution in [0.5, 0.6) is 0 Å². The number of nitrogens with one attached hydrogen (secondary N) is 2. The molecule has 2 aromatic rings. The van der Waals surface area contributed by atoms with E-state index in [2.05, 4.69) is 73.0 Å². The summed E-state index contributed by atoms with van der Waals surface area (Å²) in [6.45, 7) is 4.29. The first-order valence-electron chi connectivity index (χ1n) is 6.85. The Labute approximate surface area is 125 Å². The van der Waals surface area contributed by atoms with E-state index in [1.165, 1.54) is 22.3 Å². The lowest BCUT2D eigenvalue weighted by Gasteiger charge is -2.22. The van der Waals surface area contributed by atoms with Gasteiger partial charge in [0.05, 0.1) is 12.1 Å². The molecule has 0 bridgehead atoms. The van der Waals surface area contributed by atoms with E-state index in [1.807, 2.05) is 0 Å². The predicted octanol–water partition coefficient (Wildman–Crippen LogP) is 3.56. The molecule has 20 heavy (non-hydrogen) atoms. The molecule has 1 heterocycles. The monoisotopic (exact) mass is 282 g/mol. The summed E-state index contributed by atoms with van der Waals surface area (Å²) in [7, 11) is 0. The Balaban J connectivity index is 2.04. The van der Waals surface area contributed by atoms with E-state index < -0.39 is 0 Å². The molecule has 3 heteroatoms. The second-order valence-electron chi connectivity index (χ2n) is 5.29. The van der Waals surface area contributed by atoms with Crippen LogP contribution >= 0.6 is 12.2 Å². The first-order chi connectivity index (χ1) is 9.66. The number of benzene rings is 2. The van der Waals surface area contributed by atoms with Crippen LogP contribution in [-0.4, -0.2) is 5.11 Å². The number of hydrogen-bond donors (Lipinski definition) is 2. The number of thiocarbonyl (C=S) groups is 1. The van der Waals surface area contributed by atoms with Gasteiger partial charge in [-0.15, -0.1) is 0 Å². The van der Waals surface area contributed by atoms with Gasteiger partial charge in [-0.1, -0.05) is 48.5 Å². The van der Waals surface area contributed by atoms with Crippen LogP contribution in [0.1, 0.15) is 34.3 Å². The summed E-state index contributed by atoms with van der Waals surface area (Å²) >= 11 is 5.34. The Morgan fingerprint density at radius 3 is 1.55 bits per heavy atom. The summed E-state index contributed by atoms with van der Waals surface area (Å²) < 4.78 is 0. The number of aryl methyl sites for hydroxylation is 2. The van der Waals surface area contributed by atoms with E-state index >= 15 is 0 Å². The quantitative estimate of drug-likeness (QED) is 0.824. The van der Waals surface area contributed by atoms with Crippen LogP contribution in [0, 0.1) is 13.8 Å². The van der Waals surface area contributed by atoms with Crippen LogP contribution in [0.25, 0.3) is 0 Å². The molecule has 2 N–H and O–H groups in total. The second kappa shape index (κ2) is 5.25. The predicted molar refractivity (Wildman–Crippen MR) is 86.7 cm³/mol. The fourth-order valence-electron chi connectivity index (χ4n) is 2.88. The molecule has 0 aromatic heterocycles. The average Bonchev–Trinajstić information content (AvgIpc) is 2.81. The molecule has 2 atom stereocenters. The number of hydrogen-bond acceptors (Lipinski definition) is 1. The molecule has 1 saturated heterocycles. The third kappa shape index (κ3) is 2.29. The molecule has 2 unspecified atom stereocenters. The SMILES string of the molecule is Cc1ccccc1C1NC(=S)NC1c1ccccc1C. The molecule has 1 aliphatic heterocycles. The Kier molecular flexibility index (Phi) is 3.45. The van der Waals surface area contributed by atoms with Gasteiger partial charge in [-0.3, -0.25) is 0 Å². The van der Waals surface area contributed by atoms with Crippen molar-refractivity contribution in [1.29, 1.82) is 0 Å². The molecule has 1 aliphatic rings. The van der Waals surface area contributed by atoms with E-state index in [4.69, 9.17) is 12.2 Å². The highest BCUT2D eigenvalue weighted by Crippen LogP contribution is 2.35. The fourth-order valence-corrected chi connectivity index (χ4v) is 3.13. The zero-order chi connectivity index (χ0) is 14.1. The van der Waals surface area contributed by atoms with Gasteiger partial charge in [-0.2, -0.15) is 0 Å². The van der Waals surface area contributed by atoms with Crippen molar-refractivity contribution in [1.82, 2.24) is 10.6 Å². The van der Waals surface area contributed by atoms with Crippen molar-refractivity contribution in [3.05, 3.63) is 70.8 Å². The lowest BCUT2D eigenvalue weighted by molar-refractivity contribution is 0.549. The van der Waals surface area contributed by atoms with Crippen LogP contribution in [0.2, 0.25) is 0 Å². The highest BCUT2D eigenvalue weighted by Gasteiger charge is 2.33. The first-order valence-corrected chi connectivity index (χ1v) is 7.26. The van der Waals surface area contributed by atoms with E-state index in [9.17, 15) is 0 Å². The van der Waals surface area contributed by atoms with Crippen molar-refractivity contribution in [3.63, 3.8) is 0 Å². The minimum atomic E-state index is 0.185. The third-order valence-corrected chi connectivity index (χ3v) is 4.19. The van der Waals surface area contributed by atoms with Gasteiger partial charge in [0, 0.05) is 0 Å². The maximum absolute atomic E-state index is 5.34. The maximum Gasteiger partial charge on any atom is 0.167 e. The molecule has 0 aliphatic carbocycles. The summed E-state index contributed by atoms with van der Waals surface area (Å²) in [5.41, 5.74) is 5.17. The molecule has 0 spiro atoms. The minimum absolute atomic E-state index is 0.185. The van der Waals surface area contributed by atoms with E-state index in [0.717, 1.165) is 5.11 Å². The van der Waals surface area contributed by atoms with Gasteiger partial charge < -0.3 is 10.6 Å². The second-order valence-corrected chi connectivity index (χ2v) is 5.69. The van der Waals surface area contributed by atoms with Crippen LogP contribution in [0.4, 0.5) is 0 Å². The van der Waals surface area contributed by atoms with E-state index in [1.54, 1.807) is 0 Å².